The molecule has 0 bridgehead atoms. The highest BCUT2D eigenvalue weighted by molar-refractivity contribution is 5.73. The molecule has 0 radical (unpaired) electrons. The molecule has 0 saturated carbocycles. The molecule has 1 aromatic rings. The molecule has 0 N–H and O–H groups in total. The van der Waals surface area contributed by atoms with Gasteiger partial charge >= 0.3 is 35.9 Å². The second-order valence-corrected chi connectivity index (χ2v) is 15.5. The van der Waals surface area contributed by atoms with Crippen LogP contribution in [0.4, 0.5) is 0 Å². The zero-order valence-corrected chi connectivity index (χ0v) is 35.2. The molecular formula is C45H81N3O6. The molecule has 0 aliphatic carbocycles. The molecule has 1 heterocycles. The lowest BCUT2D eigenvalue weighted by Gasteiger charge is -2.08. The van der Waals surface area contributed by atoms with Gasteiger partial charge in [-0.2, -0.15) is 0 Å². The first-order valence-electron chi connectivity index (χ1n) is 22.9. The highest BCUT2D eigenvalue weighted by Crippen LogP contribution is 2.19. The molecule has 0 atom stereocenters. The normalized spacial score (nSPS) is 11.2. The molecule has 0 aromatic carbocycles. The van der Waals surface area contributed by atoms with E-state index in [2.05, 4.69) is 35.7 Å². The van der Waals surface area contributed by atoms with E-state index in [0.717, 1.165) is 38.5 Å². The van der Waals surface area contributed by atoms with E-state index in [1.165, 1.54) is 154 Å². The summed E-state index contributed by atoms with van der Waals surface area (Å²) in [5.41, 5.74) is 0. The topological polar surface area (TPSA) is 118 Å². The van der Waals surface area contributed by atoms with Crippen LogP contribution in [0.25, 0.3) is 0 Å². The van der Waals surface area contributed by atoms with Gasteiger partial charge in [-0.1, -0.05) is 213 Å². The van der Waals surface area contributed by atoms with Gasteiger partial charge in [-0.05, 0) is 19.3 Å². The maximum absolute atomic E-state index is 12.7. The lowest BCUT2D eigenvalue weighted by atomic mass is 10.1. The van der Waals surface area contributed by atoms with Gasteiger partial charge in [0.1, 0.15) is 0 Å². The van der Waals surface area contributed by atoms with Gasteiger partial charge in [0.15, 0.2) is 0 Å². The van der Waals surface area contributed by atoms with E-state index in [0.29, 0.717) is 19.3 Å². The molecule has 1 aromatic heterocycles. The first kappa shape index (κ1) is 49.4. The Bertz CT molecular complexity index is 911. The predicted molar refractivity (Wildman–Crippen MR) is 220 cm³/mol. The van der Waals surface area contributed by atoms with Crippen LogP contribution in [0, 0.1) is 0 Å². The van der Waals surface area contributed by atoms with Crippen molar-refractivity contribution < 1.29 is 28.6 Å². The van der Waals surface area contributed by atoms with Crippen molar-refractivity contribution in [2.45, 2.75) is 252 Å². The van der Waals surface area contributed by atoms with Gasteiger partial charge in [-0.15, -0.1) is 15.0 Å². The summed E-state index contributed by atoms with van der Waals surface area (Å²) < 4.78 is 16.2. The molecule has 9 heteroatoms. The molecule has 0 spiro atoms. The van der Waals surface area contributed by atoms with Crippen molar-refractivity contribution in [1.82, 2.24) is 15.0 Å². The minimum atomic E-state index is -0.478. The molecule has 0 amide bonds. The van der Waals surface area contributed by atoms with E-state index in [9.17, 15) is 14.4 Å². The van der Waals surface area contributed by atoms with Crippen LogP contribution >= 0.6 is 0 Å². The quantitative estimate of drug-likeness (QED) is 0.0477. The largest absolute Gasteiger partial charge is 0.391 e. The summed E-state index contributed by atoms with van der Waals surface area (Å²) in [7, 11) is 0. The molecule has 9 nitrogen and oxygen atoms in total. The standard InChI is InChI=1S/C45H81N3O6/c1-4-7-10-13-16-19-22-25-28-31-34-37-40(49)52-43-46-44(53-41(50)38-35-32-29-26-23-20-17-14-11-8-5-2)48-45(47-43)54-42(51)39-36-33-30-27-24-21-18-15-12-9-6-3/h4-39H2,1-3H3. The second kappa shape index (κ2) is 37.3. The predicted octanol–water partition coefficient (Wildman–Crippen LogP) is 13.7. The summed E-state index contributed by atoms with van der Waals surface area (Å²) in [5.74, 6) is -1.43. The average Bonchev–Trinajstić information content (AvgIpc) is 3.15. The van der Waals surface area contributed by atoms with Gasteiger partial charge in [0, 0.05) is 19.3 Å². The van der Waals surface area contributed by atoms with Crippen molar-refractivity contribution in [3.63, 3.8) is 0 Å². The smallest absolute Gasteiger partial charge is 0.333 e. The van der Waals surface area contributed by atoms with Gasteiger partial charge < -0.3 is 14.2 Å². The van der Waals surface area contributed by atoms with Gasteiger partial charge in [-0.25, -0.2) is 0 Å². The molecule has 0 saturated heterocycles. The maximum Gasteiger partial charge on any atom is 0.333 e. The molecule has 0 unspecified atom stereocenters. The van der Waals surface area contributed by atoms with E-state index >= 15 is 0 Å². The summed E-state index contributed by atoms with van der Waals surface area (Å²) in [5, 5.41) is 0. The number of nitrogens with zero attached hydrogens (tertiary/aromatic N) is 3. The number of ether oxygens (including phenoxy) is 3. The van der Waals surface area contributed by atoms with Crippen LogP contribution in [0.3, 0.4) is 0 Å². The average molecular weight is 760 g/mol. The van der Waals surface area contributed by atoms with Crippen LogP contribution in [-0.4, -0.2) is 32.9 Å². The maximum atomic E-state index is 12.7. The fourth-order valence-electron chi connectivity index (χ4n) is 6.72. The van der Waals surface area contributed by atoms with Crippen molar-refractivity contribution in [1.29, 1.82) is 0 Å². The van der Waals surface area contributed by atoms with Gasteiger partial charge in [-0.3, -0.25) is 14.4 Å². The van der Waals surface area contributed by atoms with E-state index < -0.39 is 17.9 Å². The number of rotatable bonds is 39. The molecule has 312 valence electrons. The number of esters is 3. The summed E-state index contributed by atoms with van der Waals surface area (Å²) in [6.45, 7) is 6.72. The number of hydrogen-bond acceptors (Lipinski definition) is 9. The number of unbranched alkanes of at least 4 members (excludes halogenated alkanes) is 30. The summed E-state index contributed by atoms with van der Waals surface area (Å²) in [4.78, 5) is 50.2. The van der Waals surface area contributed by atoms with E-state index in [1.807, 2.05) is 0 Å². The molecule has 54 heavy (non-hydrogen) atoms. The summed E-state index contributed by atoms with van der Waals surface area (Å²) >= 11 is 0. The Kier molecular flexibility index (Phi) is 34.2. The molecular weight excluding hydrogens is 679 g/mol. The van der Waals surface area contributed by atoms with Crippen molar-refractivity contribution in [3.05, 3.63) is 0 Å². The van der Waals surface area contributed by atoms with Crippen molar-refractivity contribution in [2.75, 3.05) is 0 Å². The Morgan fingerprint density at radius 1 is 0.296 bits per heavy atom. The zero-order chi connectivity index (χ0) is 39.2. The molecule has 1 rings (SSSR count). The van der Waals surface area contributed by atoms with E-state index in [4.69, 9.17) is 14.2 Å². The van der Waals surface area contributed by atoms with E-state index in [1.54, 1.807) is 0 Å². The Morgan fingerprint density at radius 2 is 0.463 bits per heavy atom. The Morgan fingerprint density at radius 3 is 0.648 bits per heavy atom. The third kappa shape index (κ3) is 31.7. The lowest BCUT2D eigenvalue weighted by Crippen LogP contribution is -2.16. The zero-order valence-electron chi connectivity index (χ0n) is 35.2. The molecule has 0 aliphatic heterocycles. The highest BCUT2D eigenvalue weighted by Gasteiger charge is 2.18. The SMILES string of the molecule is CCCCCCCCCCCCCC(=O)Oc1nc(OC(=O)CCCCCCCCCCCCC)nc(OC(=O)CCCCCCCCCCCCC)n1. The second-order valence-electron chi connectivity index (χ2n) is 15.5. The Balaban J connectivity index is 2.52. The van der Waals surface area contributed by atoms with Gasteiger partial charge in [0.2, 0.25) is 0 Å². The first-order chi connectivity index (χ1) is 26.5. The monoisotopic (exact) mass is 760 g/mol. The van der Waals surface area contributed by atoms with Gasteiger partial charge in [0.05, 0.1) is 0 Å². The van der Waals surface area contributed by atoms with Crippen molar-refractivity contribution in [3.8, 4) is 18.0 Å². The van der Waals surface area contributed by atoms with Gasteiger partial charge in [0.25, 0.3) is 0 Å². The number of hydrogen-bond donors (Lipinski definition) is 0. The lowest BCUT2D eigenvalue weighted by molar-refractivity contribution is -0.135. The van der Waals surface area contributed by atoms with E-state index in [-0.39, 0.29) is 37.3 Å². The minimum absolute atomic E-state index is 0.227. The summed E-state index contributed by atoms with van der Waals surface area (Å²) in [6, 6.07) is -0.978. The fraction of sp³-hybridized carbons (Fsp3) is 0.867. The Hall–Kier alpha value is -2.58. The third-order valence-electron chi connectivity index (χ3n) is 10.1. The summed E-state index contributed by atoms with van der Waals surface area (Å²) in [6.07, 6.45) is 39.8. The number of carbonyl (C=O) groups excluding carboxylic acids is 3. The fourth-order valence-corrected chi connectivity index (χ4v) is 6.72. The van der Waals surface area contributed by atoms with Crippen LogP contribution < -0.4 is 14.2 Å². The van der Waals surface area contributed by atoms with Crippen LogP contribution in [0.15, 0.2) is 0 Å². The van der Waals surface area contributed by atoms with Crippen LogP contribution in [0.2, 0.25) is 0 Å². The van der Waals surface area contributed by atoms with Crippen molar-refractivity contribution in [2.24, 2.45) is 0 Å². The minimum Gasteiger partial charge on any atom is -0.391 e. The number of aromatic nitrogens is 3. The Labute approximate surface area is 330 Å². The van der Waals surface area contributed by atoms with Crippen LogP contribution in [-0.2, 0) is 14.4 Å². The van der Waals surface area contributed by atoms with Crippen LogP contribution in [0.5, 0.6) is 18.0 Å². The highest BCUT2D eigenvalue weighted by atomic mass is 16.6. The van der Waals surface area contributed by atoms with Crippen LogP contribution in [0.1, 0.15) is 252 Å². The molecule has 0 aliphatic rings. The number of carbonyl (C=O) groups is 3. The first-order valence-corrected chi connectivity index (χ1v) is 22.9. The third-order valence-corrected chi connectivity index (χ3v) is 10.1. The molecule has 0 fully saturated rings. The van der Waals surface area contributed by atoms with Crippen molar-refractivity contribution >= 4 is 17.9 Å².